The van der Waals surface area contributed by atoms with E-state index >= 15 is 0 Å². The molecule has 7 heteroatoms. The van der Waals surface area contributed by atoms with Gasteiger partial charge in [-0.3, -0.25) is 4.79 Å². The molecule has 2 aliphatic carbocycles. The minimum atomic E-state index is -0.579. The molecule has 0 spiro atoms. The smallest absolute Gasteiger partial charge is 0.274 e. The van der Waals surface area contributed by atoms with Crippen LogP contribution in [0, 0.1) is 6.92 Å². The third-order valence-corrected chi connectivity index (χ3v) is 5.01. The van der Waals surface area contributed by atoms with Gasteiger partial charge < -0.3 is 14.4 Å². The van der Waals surface area contributed by atoms with Crippen molar-refractivity contribution in [3.8, 4) is 0 Å². The third-order valence-electron chi connectivity index (χ3n) is 5.01. The Morgan fingerprint density at radius 1 is 1.17 bits per heavy atom. The molecule has 0 aromatic carbocycles. The molecule has 0 atom stereocenters. The van der Waals surface area contributed by atoms with Crippen LogP contribution in [0.2, 0.25) is 0 Å². The molecular weight excluding hydrogens is 308 g/mol. The number of nitrogens with zero attached hydrogens (tertiary/aromatic N) is 3. The first-order valence-electron chi connectivity index (χ1n) is 8.76. The van der Waals surface area contributed by atoms with Crippen LogP contribution in [0.3, 0.4) is 0 Å². The lowest BCUT2D eigenvalue weighted by Gasteiger charge is -2.30. The van der Waals surface area contributed by atoms with Crippen molar-refractivity contribution in [3.63, 3.8) is 0 Å². The van der Waals surface area contributed by atoms with Gasteiger partial charge in [-0.15, -0.1) is 0 Å². The second-order valence-corrected chi connectivity index (χ2v) is 6.98. The first-order chi connectivity index (χ1) is 11.7. The fourth-order valence-corrected chi connectivity index (χ4v) is 3.47. The van der Waals surface area contributed by atoms with Gasteiger partial charge in [0.15, 0.2) is 11.5 Å². The molecule has 2 aromatic rings. The van der Waals surface area contributed by atoms with Gasteiger partial charge in [-0.25, -0.2) is 0 Å². The zero-order valence-electron chi connectivity index (χ0n) is 13.9. The van der Waals surface area contributed by atoms with E-state index in [1.54, 1.807) is 13.0 Å². The summed E-state index contributed by atoms with van der Waals surface area (Å²) in [5.41, 5.74) is -0.245. The molecule has 0 aliphatic heterocycles. The lowest BCUT2D eigenvalue weighted by Crippen LogP contribution is -2.46. The van der Waals surface area contributed by atoms with E-state index in [1.807, 2.05) is 0 Å². The Bertz CT molecular complexity index is 724. The summed E-state index contributed by atoms with van der Waals surface area (Å²) < 4.78 is 10.5. The fraction of sp³-hybridized carbons (Fsp3) is 0.647. The number of rotatable bonds is 4. The quantitative estimate of drug-likeness (QED) is 0.865. The molecule has 2 aliphatic rings. The Morgan fingerprint density at radius 2 is 1.92 bits per heavy atom. The molecule has 2 fully saturated rings. The summed E-state index contributed by atoms with van der Waals surface area (Å²) in [6.45, 7) is 1.77. The summed E-state index contributed by atoms with van der Waals surface area (Å²) in [5, 5.41) is 11.2. The molecular formula is C17H22N4O3. The predicted molar refractivity (Wildman–Crippen MR) is 84.4 cm³/mol. The maximum atomic E-state index is 12.7. The largest absolute Gasteiger partial charge is 0.360 e. The van der Waals surface area contributed by atoms with Crippen molar-refractivity contribution in [3.05, 3.63) is 29.2 Å². The summed E-state index contributed by atoms with van der Waals surface area (Å²) in [7, 11) is 0. The summed E-state index contributed by atoms with van der Waals surface area (Å²) in [4.78, 5) is 17.1. The van der Waals surface area contributed by atoms with Crippen molar-refractivity contribution < 1.29 is 13.8 Å². The van der Waals surface area contributed by atoms with Crippen molar-refractivity contribution in [2.75, 3.05) is 0 Å². The number of nitrogens with one attached hydrogen (secondary N) is 1. The van der Waals surface area contributed by atoms with E-state index in [-0.39, 0.29) is 5.91 Å². The van der Waals surface area contributed by atoms with Gasteiger partial charge in [-0.2, -0.15) is 4.98 Å². The van der Waals surface area contributed by atoms with Gasteiger partial charge in [-0.05, 0) is 25.7 Å². The van der Waals surface area contributed by atoms with Crippen molar-refractivity contribution in [1.82, 2.24) is 20.6 Å². The number of aromatic nitrogens is 3. The van der Waals surface area contributed by atoms with Crippen LogP contribution in [0.5, 0.6) is 0 Å². The van der Waals surface area contributed by atoms with Gasteiger partial charge in [0.05, 0.1) is 0 Å². The number of carbonyl (C=O) groups excluding carboxylic acids is 1. The topological polar surface area (TPSA) is 94.1 Å². The van der Waals surface area contributed by atoms with E-state index in [1.165, 1.54) is 0 Å². The van der Waals surface area contributed by atoms with Crippen molar-refractivity contribution in [2.24, 2.45) is 0 Å². The van der Waals surface area contributed by atoms with Gasteiger partial charge >= 0.3 is 0 Å². The maximum Gasteiger partial charge on any atom is 0.274 e. The Hall–Kier alpha value is -2.18. The number of amides is 1. The minimum absolute atomic E-state index is 0.227. The summed E-state index contributed by atoms with van der Waals surface area (Å²) in [6.07, 6.45) is 8.22. The number of aryl methyl sites for hydroxylation is 1. The van der Waals surface area contributed by atoms with Crippen molar-refractivity contribution in [1.29, 1.82) is 0 Å². The van der Waals surface area contributed by atoms with Crippen LogP contribution in [0.1, 0.15) is 85.2 Å². The number of hydrogen-bond acceptors (Lipinski definition) is 6. The van der Waals surface area contributed by atoms with Gasteiger partial charge in [-0.1, -0.05) is 36.0 Å². The molecule has 1 amide bonds. The van der Waals surface area contributed by atoms with Crippen LogP contribution >= 0.6 is 0 Å². The molecule has 2 saturated carbocycles. The van der Waals surface area contributed by atoms with Gasteiger partial charge in [0.1, 0.15) is 11.3 Å². The highest BCUT2D eigenvalue weighted by Crippen LogP contribution is 2.40. The molecule has 1 N–H and O–H groups in total. The third kappa shape index (κ3) is 2.95. The summed E-state index contributed by atoms with van der Waals surface area (Å²) in [5.74, 6) is 2.10. The molecule has 2 heterocycles. The molecule has 0 saturated heterocycles. The predicted octanol–water partition coefficient (Wildman–Crippen LogP) is 3.22. The fourth-order valence-electron chi connectivity index (χ4n) is 3.47. The standard InChI is InChI=1S/C17H22N4O3/c1-11-18-16(21-23-11)17(8-4-2-3-5-9-17)19-15(22)13-10-14(24-20-13)12-6-7-12/h10,12H,2-9H2,1H3,(H,19,22). The zero-order chi connectivity index (χ0) is 16.6. The first-order valence-corrected chi connectivity index (χ1v) is 8.76. The van der Waals surface area contributed by atoms with Crippen LogP contribution in [0.15, 0.2) is 15.1 Å². The van der Waals surface area contributed by atoms with Crippen LogP contribution in [0.25, 0.3) is 0 Å². The minimum Gasteiger partial charge on any atom is -0.360 e. The average molecular weight is 330 g/mol. The highest BCUT2D eigenvalue weighted by atomic mass is 16.5. The van der Waals surface area contributed by atoms with E-state index in [0.29, 0.717) is 23.3 Å². The average Bonchev–Trinajstić information content (AvgIpc) is 3.22. The van der Waals surface area contributed by atoms with E-state index in [9.17, 15) is 4.79 Å². The van der Waals surface area contributed by atoms with E-state index in [2.05, 4.69) is 20.6 Å². The van der Waals surface area contributed by atoms with Crippen molar-refractivity contribution >= 4 is 5.91 Å². The summed E-state index contributed by atoms with van der Waals surface area (Å²) in [6, 6.07) is 1.76. The van der Waals surface area contributed by atoms with Gasteiger partial charge in [0.2, 0.25) is 5.89 Å². The Labute approximate surface area is 140 Å². The monoisotopic (exact) mass is 330 g/mol. The molecule has 24 heavy (non-hydrogen) atoms. The van der Waals surface area contributed by atoms with Crippen LogP contribution < -0.4 is 5.32 Å². The highest BCUT2D eigenvalue weighted by Gasteiger charge is 2.39. The van der Waals surface area contributed by atoms with E-state index in [4.69, 9.17) is 9.05 Å². The van der Waals surface area contributed by atoms with Gasteiger partial charge in [0, 0.05) is 18.9 Å². The lowest BCUT2D eigenvalue weighted by molar-refractivity contribution is 0.0867. The van der Waals surface area contributed by atoms with E-state index < -0.39 is 5.54 Å². The van der Waals surface area contributed by atoms with Crippen LogP contribution in [-0.4, -0.2) is 21.2 Å². The molecule has 0 unspecified atom stereocenters. The van der Waals surface area contributed by atoms with E-state index in [0.717, 1.165) is 57.1 Å². The second-order valence-electron chi connectivity index (χ2n) is 6.98. The molecule has 7 nitrogen and oxygen atoms in total. The molecule has 0 radical (unpaired) electrons. The Morgan fingerprint density at radius 3 is 2.54 bits per heavy atom. The molecule has 2 aromatic heterocycles. The first kappa shape index (κ1) is 15.4. The van der Waals surface area contributed by atoms with Gasteiger partial charge in [0.25, 0.3) is 5.91 Å². The molecule has 4 rings (SSSR count). The second kappa shape index (κ2) is 6.03. The maximum absolute atomic E-state index is 12.7. The normalized spacial score (nSPS) is 20.5. The zero-order valence-corrected chi connectivity index (χ0v) is 13.9. The molecule has 128 valence electrons. The Kier molecular flexibility index (Phi) is 3.86. The number of hydrogen-bond donors (Lipinski definition) is 1. The summed E-state index contributed by atoms with van der Waals surface area (Å²) >= 11 is 0. The molecule has 0 bridgehead atoms. The van der Waals surface area contributed by atoms with Crippen molar-refractivity contribution in [2.45, 2.75) is 69.7 Å². The highest BCUT2D eigenvalue weighted by molar-refractivity contribution is 5.92. The lowest BCUT2D eigenvalue weighted by atomic mass is 9.89. The Balaban J connectivity index is 1.59. The van der Waals surface area contributed by atoms with Crippen LogP contribution in [-0.2, 0) is 5.54 Å². The SMILES string of the molecule is Cc1nc(C2(NC(=O)c3cc(C4CC4)on3)CCCCCC2)no1. The number of carbonyl (C=O) groups is 1. The van der Waals surface area contributed by atoms with Crippen LogP contribution in [0.4, 0.5) is 0 Å².